The summed E-state index contributed by atoms with van der Waals surface area (Å²) >= 11 is 15.1. The summed E-state index contributed by atoms with van der Waals surface area (Å²) in [5.41, 5.74) is 2.70. The number of likely N-dealkylation sites (tertiary alicyclic amines) is 1. The molecule has 0 spiro atoms. The summed E-state index contributed by atoms with van der Waals surface area (Å²) in [5, 5.41) is 5.88. The molecule has 47 heavy (non-hydrogen) atoms. The average Bonchev–Trinajstić information content (AvgIpc) is 3.68. The van der Waals surface area contributed by atoms with Crippen LogP contribution in [0.15, 0.2) is 109 Å². The first kappa shape index (κ1) is 37.3. The highest BCUT2D eigenvalue weighted by Gasteiger charge is 2.35. The Morgan fingerprint density at radius 1 is 0.681 bits per heavy atom. The lowest BCUT2D eigenvalue weighted by atomic mass is 10.1. The highest BCUT2D eigenvalue weighted by atomic mass is 79.9. The average molecular weight is 741 g/mol. The van der Waals surface area contributed by atoms with Gasteiger partial charge in [0.2, 0.25) is 0 Å². The summed E-state index contributed by atoms with van der Waals surface area (Å²) in [7, 11) is 0. The number of rotatable bonds is 11. The fraction of sp³-hybridized carbons (Fsp3) is 0.400. The number of benzene rings is 4. The largest absolute Gasteiger partial charge is 0.486 e. The SMILES string of the molecule is BrCCCc1ccccc1.CC1(Oc2ccc(Cl)cc2)CCN(CCCc2ccccc2)C1.CC1(Oc2ccc(Cl)cc2)CCNC1. The molecule has 0 saturated carbocycles. The molecule has 2 heterocycles. The molecule has 0 bridgehead atoms. The molecule has 4 aromatic carbocycles. The van der Waals surface area contributed by atoms with Crippen molar-refractivity contribution in [3.63, 3.8) is 0 Å². The molecule has 1 N–H and O–H groups in total. The Labute approximate surface area is 300 Å². The van der Waals surface area contributed by atoms with Crippen LogP contribution in [0.3, 0.4) is 0 Å². The van der Waals surface area contributed by atoms with E-state index >= 15 is 0 Å². The van der Waals surface area contributed by atoms with Crippen molar-refractivity contribution in [1.29, 1.82) is 0 Å². The van der Waals surface area contributed by atoms with Gasteiger partial charge in [-0.05, 0) is 112 Å². The van der Waals surface area contributed by atoms with Crippen molar-refractivity contribution in [1.82, 2.24) is 10.2 Å². The number of alkyl halides is 1. The Morgan fingerprint density at radius 2 is 1.19 bits per heavy atom. The van der Waals surface area contributed by atoms with E-state index in [2.05, 4.69) is 101 Å². The molecular formula is C40H49BrCl2N2O2. The number of hydrogen-bond donors (Lipinski definition) is 1. The third-order valence-electron chi connectivity index (χ3n) is 8.42. The van der Waals surface area contributed by atoms with Crippen LogP contribution in [0.4, 0.5) is 0 Å². The summed E-state index contributed by atoms with van der Waals surface area (Å²) in [4.78, 5) is 2.51. The van der Waals surface area contributed by atoms with Gasteiger partial charge in [0, 0.05) is 47.9 Å². The lowest BCUT2D eigenvalue weighted by molar-refractivity contribution is 0.0960. The monoisotopic (exact) mass is 738 g/mol. The number of halogens is 3. The van der Waals surface area contributed by atoms with Crippen LogP contribution in [0, 0.1) is 0 Å². The van der Waals surface area contributed by atoms with Gasteiger partial charge in [0.05, 0.1) is 0 Å². The molecule has 0 aromatic heterocycles. The van der Waals surface area contributed by atoms with E-state index in [0.29, 0.717) is 0 Å². The number of hydrogen-bond acceptors (Lipinski definition) is 4. The van der Waals surface area contributed by atoms with Gasteiger partial charge < -0.3 is 14.8 Å². The molecule has 4 aromatic rings. The Kier molecular flexibility index (Phi) is 15.4. The van der Waals surface area contributed by atoms with E-state index in [-0.39, 0.29) is 11.2 Å². The lowest BCUT2D eigenvalue weighted by Gasteiger charge is -2.26. The normalized spacial score (nSPS) is 20.4. The predicted octanol–water partition coefficient (Wildman–Crippen LogP) is 10.3. The second-order valence-electron chi connectivity index (χ2n) is 12.8. The molecular weight excluding hydrogens is 691 g/mol. The van der Waals surface area contributed by atoms with Crippen LogP contribution in [-0.2, 0) is 12.8 Å². The first-order chi connectivity index (χ1) is 22.7. The predicted molar refractivity (Wildman–Crippen MR) is 203 cm³/mol. The molecule has 2 saturated heterocycles. The highest BCUT2D eigenvalue weighted by molar-refractivity contribution is 9.09. The Balaban J connectivity index is 0.000000177. The molecule has 6 rings (SSSR count). The van der Waals surface area contributed by atoms with E-state index in [1.807, 2.05) is 48.5 Å². The number of ether oxygens (including phenoxy) is 2. The zero-order valence-corrected chi connectivity index (χ0v) is 30.9. The van der Waals surface area contributed by atoms with Crippen molar-refractivity contribution in [2.45, 2.75) is 63.6 Å². The minimum atomic E-state index is -0.0967. The highest BCUT2D eigenvalue weighted by Crippen LogP contribution is 2.29. The lowest BCUT2D eigenvalue weighted by Crippen LogP contribution is -2.36. The van der Waals surface area contributed by atoms with Crippen molar-refractivity contribution in [2.24, 2.45) is 0 Å². The van der Waals surface area contributed by atoms with Crippen LogP contribution in [0.5, 0.6) is 11.5 Å². The second-order valence-corrected chi connectivity index (χ2v) is 14.5. The van der Waals surface area contributed by atoms with Gasteiger partial charge >= 0.3 is 0 Å². The van der Waals surface area contributed by atoms with E-state index < -0.39 is 0 Å². The van der Waals surface area contributed by atoms with Crippen LogP contribution in [0.1, 0.15) is 50.7 Å². The van der Waals surface area contributed by atoms with E-state index in [4.69, 9.17) is 32.7 Å². The van der Waals surface area contributed by atoms with Crippen LogP contribution in [0.25, 0.3) is 0 Å². The van der Waals surface area contributed by atoms with Crippen LogP contribution in [0.2, 0.25) is 10.0 Å². The number of aryl methyl sites for hydroxylation is 2. The van der Waals surface area contributed by atoms with Crippen molar-refractivity contribution < 1.29 is 9.47 Å². The van der Waals surface area contributed by atoms with Crippen LogP contribution in [-0.4, -0.2) is 54.2 Å². The maximum atomic E-state index is 6.21. The topological polar surface area (TPSA) is 33.7 Å². The molecule has 2 fully saturated rings. The number of nitrogens with zero attached hydrogens (tertiary/aromatic N) is 1. The summed E-state index contributed by atoms with van der Waals surface area (Å²) in [6, 6.07) is 36.5. The van der Waals surface area contributed by atoms with E-state index in [1.165, 1.54) is 30.4 Å². The van der Waals surface area contributed by atoms with Gasteiger partial charge in [0.1, 0.15) is 22.7 Å². The van der Waals surface area contributed by atoms with Gasteiger partial charge in [-0.1, -0.05) is 99.8 Å². The van der Waals surface area contributed by atoms with Crippen molar-refractivity contribution in [2.75, 3.05) is 38.1 Å². The molecule has 0 amide bonds. The molecule has 2 atom stereocenters. The van der Waals surface area contributed by atoms with Crippen molar-refractivity contribution >= 4 is 39.1 Å². The van der Waals surface area contributed by atoms with Gasteiger partial charge in [0.15, 0.2) is 0 Å². The van der Waals surface area contributed by atoms with E-state index in [1.54, 1.807) is 0 Å². The minimum absolute atomic E-state index is 0.0617. The minimum Gasteiger partial charge on any atom is -0.486 e. The maximum Gasteiger partial charge on any atom is 0.120 e. The first-order valence-electron chi connectivity index (χ1n) is 16.7. The fourth-order valence-corrected chi connectivity index (χ4v) is 6.35. The third-order valence-corrected chi connectivity index (χ3v) is 9.49. The summed E-state index contributed by atoms with van der Waals surface area (Å²) in [5.74, 6) is 1.80. The molecule has 252 valence electrons. The van der Waals surface area contributed by atoms with Gasteiger partial charge in [-0.3, -0.25) is 4.90 Å². The fourth-order valence-electron chi connectivity index (χ4n) is 5.82. The molecule has 2 aliphatic rings. The Bertz CT molecular complexity index is 1420. The Hall–Kier alpha value is -2.54. The zero-order valence-electron chi connectivity index (χ0n) is 27.8. The van der Waals surface area contributed by atoms with Crippen LogP contribution >= 0.6 is 39.1 Å². The van der Waals surface area contributed by atoms with Crippen LogP contribution < -0.4 is 14.8 Å². The van der Waals surface area contributed by atoms with Crippen molar-refractivity contribution in [3.8, 4) is 11.5 Å². The van der Waals surface area contributed by atoms with Gasteiger partial charge in [-0.15, -0.1) is 0 Å². The van der Waals surface area contributed by atoms with Crippen molar-refractivity contribution in [3.05, 3.63) is 130 Å². The molecule has 2 unspecified atom stereocenters. The standard InChI is InChI=1S/C20H24ClNO.C11H14ClNO.C9H11Br/c1-20(23-19-11-9-18(21)10-12-19)13-15-22(16-20)14-5-8-17-6-3-2-4-7-17;1-11(6-7-13-8-11)14-10-4-2-9(12)3-5-10;10-8-4-7-9-5-2-1-3-6-9/h2-4,6-7,9-12H,5,8,13-16H2,1H3;2-5,13H,6-8H2,1H3;1-3,5-6H,4,7-8H2. The third kappa shape index (κ3) is 13.8. The van der Waals surface area contributed by atoms with E-state index in [9.17, 15) is 0 Å². The Morgan fingerprint density at radius 3 is 1.68 bits per heavy atom. The summed E-state index contributed by atoms with van der Waals surface area (Å²) in [6.45, 7) is 9.51. The second kappa shape index (κ2) is 19.5. The smallest absolute Gasteiger partial charge is 0.120 e. The van der Waals surface area contributed by atoms with Gasteiger partial charge in [0.25, 0.3) is 0 Å². The molecule has 7 heteroatoms. The van der Waals surface area contributed by atoms with E-state index in [0.717, 1.165) is 78.9 Å². The molecule has 0 radical (unpaired) electrons. The molecule has 4 nitrogen and oxygen atoms in total. The summed E-state index contributed by atoms with van der Waals surface area (Å²) < 4.78 is 12.1. The molecule has 0 aliphatic carbocycles. The maximum absolute atomic E-state index is 6.21. The van der Waals surface area contributed by atoms with Gasteiger partial charge in [-0.25, -0.2) is 0 Å². The summed E-state index contributed by atoms with van der Waals surface area (Å²) in [6.07, 6.45) is 6.87. The molecule has 2 aliphatic heterocycles. The quantitative estimate of drug-likeness (QED) is 0.155. The number of nitrogens with one attached hydrogen (secondary N) is 1. The first-order valence-corrected chi connectivity index (χ1v) is 18.6. The van der Waals surface area contributed by atoms with Gasteiger partial charge in [-0.2, -0.15) is 0 Å². The zero-order chi connectivity index (χ0) is 33.4.